The second-order valence-electron chi connectivity index (χ2n) is 5.74. The SMILES string of the molecule is CCCC(C(=O)N1CCN(S(C)(=O)=O)CC1)c1ccccc1. The van der Waals surface area contributed by atoms with Gasteiger partial charge in [-0.3, -0.25) is 4.79 Å². The fraction of sp³-hybridized carbons (Fsp3) is 0.562. The van der Waals surface area contributed by atoms with Gasteiger partial charge < -0.3 is 4.90 Å². The van der Waals surface area contributed by atoms with E-state index in [2.05, 4.69) is 6.92 Å². The van der Waals surface area contributed by atoms with Gasteiger partial charge in [-0.15, -0.1) is 0 Å². The highest BCUT2D eigenvalue weighted by atomic mass is 32.2. The largest absolute Gasteiger partial charge is 0.340 e. The van der Waals surface area contributed by atoms with Crippen LogP contribution in [0, 0.1) is 0 Å². The maximum atomic E-state index is 12.8. The monoisotopic (exact) mass is 324 g/mol. The molecule has 2 rings (SSSR count). The first-order valence-electron chi connectivity index (χ1n) is 7.72. The van der Waals surface area contributed by atoms with Gasteiger partial charge in [-0.05, 0) is 12.0 Å². The third-order valence-electron chi connectivity index (χ3n) is 4.10. The molecule has 0 saturated carbocycles. The molecule has 0 aliphatic carbocycles. The van der Waals surface area contributed by atoms with E-state index in [1.807, 2.05) is 30.3 Å². The van der Waals surface area contributed by atoms with Crippen molar-refractivity contribution < 1.29 is 13.2 Å². The predicted octanol–water partition coefficient (Wildman–Crippen LogP) is 1.67. The molecule has 1 heterocycles. The van der Waals surface area contributed by atoms with Crippen molar-refractivity contribution in [3.05, 3.63) is 35.9 Å². The third-order valence-corrected chi connectivity index (χ3v) is 5.40. The van der Waals surface area contributed by atoms with E-state index in [-0.39, 0.29) is 11.8 Å². The first-order chi connectivity index (χ1) is 10.4. The molecule has 1 unspecified atom stereocenters. The van der Waals surface area contributed by atoms with Crippen LogP contribution in [-0.4, -0.2) is 56.0 Å². The molecule has 1 aliphatic rings. The Labute approximate surface area is 133 Å². The quantitative estimate of drug-likeness (QED) is 0.828. The third kappa shape index (κ3) is 4.08. The summed E-state index contributed by atoms with van der Waals surface area (Å²) < 4.78 is 24.5. The second-order valence-corrected chi connectivity index (χ2v) is 7.72. The number of rotatable bonds is 5. The smallest absolute Gasteiger partial charge is 0.230 e. The lowest BCUT2D eigenvalue weighted by molar-refractivity contribution is -0.134. The Hall–Kier alpha value is -1.40. The minimum Gasteiger partial charge on any atom is -0.340 e. The van der Waals surface area contributed by atoms with Gasteiger partial charge >= 0.3 is 0 Å². The standard InChI is InChI=1S/C16H24N2O3S/c1-3-7-15(14-8-5-4-6-9-14)16(19)17-10-12-18(13-11-17)22(2,20)21/h4-6,8-9,15H,3,7,10-13H2,1-2H3. The average molecular weight is 324 g/mol. The van der Waals surface area contributed by atoms with Gasteiger partial charge in [0.25, 0.3) is 0 Å². The van der Waals surface area contributed by atoms with E-state index >= 15 is 0 Å². The molecular formula is C16H24N2O3S. The van der Waals surface area contributed by atoms with Crippen LogP contribution in [-0.2, 0) is 14.8 Å². The molecule has 1 fully saturated rings. The van der Waals surface area contributed by atoms with Crippen molar-refractivity contribution in [2.75, 3.05) is 32.4 Å². The van der Waals surface area contributed by atoms with Crippen molar-refractivity contribution in [3.8, 4) is 0 Å². The summed E-state index contributed by atoms with van der Waals surface area (Å²) in [5.41, 5.74) is 1.04. The number of hydrogen-bond donors (Lipinski definition) is 0. The van der Waals surface area contributed by atoms with Crippen LogP contribution in [0.4, 0.5) is 0 Å². The summed E-state index contributed by atoms with van der Waals surface area (Å²) in [6.07, 6.45) is 2.97. The van der Waals surface area contributed by atoms with Crippen LogP contribution in [0.3, 0.4) is 0 Å². The Morgan fingerprint density at radius 1 is 1.14 bits per heavy atom. The summed E-state index contributed by atoms with van der Waals surface area (Å²) in [5, 5.41) is 0. The van der Waals surface area contributed by atoms with Crippen LogP contribution in [0.15, 0.2) is 30.3 Å². The van der Waals surface area contributed by atoms with Gasteiger partial charge in [0.1, 0.15) is 0 Å². The topological polar surface area (TPSA) is 57.7 Å². The van der Waals surface area contributed by atoms with Crippen LogP contribution < -0.4 is 0 Å². The molecule has 1 aromatic rings. The minimum atomic E-state index is -3.16. The molecule has 0 spiro atoms. The highest BCUT2D eigenvalue weighted by Gasteiger charge is 2.30. The fourth-order valence-corrected chi connectivity index (χ4v) is 3.69. The molecule has 1 aliphatic heterocycles. The molecule has 1 saturated heterocycles. The lowest BCUT2D eigenvalue weighted by Gasteiger charge is -2.35. The summed E-state index contributed by atoms with van der Waals surface area (Å²) in [7, 11) is -3.16. The molecule has 1 amide bonds. The van der Waals surface area contributed by atoms with Crippen LogP contribution in [0.5, 0.6) is 0 Å². The Morgan fingerprint density at radius 2 is 1.73 bits per heavy atom. The molecule has 0 bridgehead atoms. The highest BCUT2D eigenvalue weighted by Crippen LogP contribution is 2.24. The highest BCUT2D eigenvalue weighted by molar-refractivity contribution is 7.88. The maximum absolute atomic E-state index is 12.8. The number of nitrogens with zero attached hydrogens (tertiary/aromatic N) is 2. The number of carbonyl (C=O) groups is 1. The van der Waals surface area contributed by atoms with Gasteiger partial charge in [0.05, 0.1) is 12.2 Å². The number of piperazine rings is 1. The summed E-state index contributed by atoms with van der Waals surface area (Å²) >= 11 is 0. The van der Waals surface area contributed by atoms with E-state index in [9.17, 15) is 13.2 Å². The molecule has 1 aromatic carbocycles. The summed E-state index contributed by atoms with van der Waals surface area (Å²) in [5.74, 6) is -0.0165. The van der Waals surface area contributed by atoms with Gasteiger partial charge in [-0.1, -0.05) is 43.7 Å². The molecule has 6 heteroatoms. The van der Waals surface area contributed by atoms with E-state index in [0.717, 1.165) is 18.4 Å². The second kappa shape index (κ2) is 7.24. The summed E-state index contributed by atoms with van der Waals surface area (Å²) in [4.78, 5) is 14.6. The molecular weight excluding hydrogens is 300 g/mol. The Bertz CT molecular complexity index is 593. The molecule has 1 atom stereocenters. The average Bonchev–Trinajstić information content (AvgIpc) is 2.52. The predicted molar refractivity (Wildman–Crippen MR) is 87.1 cm³/mol. The zero-order valence-corrected chi connectivity index (χ0v) is 14.1. The van der Waals surface area contributed by atoms with E-state index in [1.165, 1.54) is 10.6 Å². The molecule has 22 heavy (non-hydrogen) atoms. The molecule has 122 valence electrons. The van der Waals surface area contributed by atoms with E-state index < -0.39 is 10.0 Å². The van der Waals surface area contributed by atoms with Crippen molar-refractivity contribution in [1.82, 2.24) is 9.21 Å². The van der Waals surface area contributed by atoms with Gasteiger partial charge in [-0.25, -0.2) is 8.42 Å². The van der Waals surface area contributed by atoms with Crippen LogP contribution >= 0.6 is 0 Å². The minimum absolute atomic E-state index is 0.112. The zero-order valence-electron chi connectivity index (χ0n) is 13.2. The van der Waals surface area contributed by atoms with Crippen molar-refractivity contribution in [2.24, 2.45) is 0 Å². The fourth-order valence-electron chi connectivity index (χ4n) is 2.87. The van der Waals surface area contributed by atoms with Gasteiger partial charge in [0.2, 0.25) is 15.9 Å². The van der Waals surface area contributed by atoms with Gasteiger partial charge in [0.15, 0.2) is 0 Å². The normalized spacial score (nSPS) is 18.2. The van der Waals surface area contributed by atoms with E-state index in [4.69, 9.17) is 0 Å². The first kappa shape index (κ1) is 17.0. The summed E-state index contributed by atoms with van der Waals surface area (Å²) in [6.45, 7) is 3.79. The van der Waals surface area contributed by atoms with Crippen molar-refractivity contribution in [1.29, 1.82) is 0 Å². The van der Waals surface area contributed by atoms with Crippen LogP contribution in [0.25, 0.3) is 0 Å². The molecule has 5 nitrogen and oxygen atoms in total. The number of benzene rings is 1. The Morgan fingerprint density at radius 3 is 2.23 bits per heavy atom. The van der Waals surface area contributed by atoms with Crippen LogP contribution in [0.1, 0.15) is 31.2 Å². The Kier molecular flexibility index (Phi) is 5.58. The molecule has 0 radical (unpaired) electrons. The number of carbonyl (C=O) groups excluding carboxylic acids is 1. The zero-order chi connectivity index (χ0) is 16.2. The Balaban J connectivity index is 2.06. The van der Waals surface area contributed by atoms with Gasteiger partial charge in [-0.2, -0.15) is 4.31 Å². The van der Waals surface area contributed by atoms with E-state index in [0.29, 0.717) is 26.2 Å². The van der Waals surface area contributed by atoms with E-state index in [1.54, 1.807) is 4.90 Å². The van der Waals surface area contributed by atoms with Gasteiger partial charge in [0, 0.05) is 26.2 Å². The number of sulfonamides is 1. The van der Waals surface area contributed by atoms with Crippen molar-refractivity contribution in [2.45, 2.75) is 25.7 Å². The molecule has 0 N–H and O–H groups in total. The number of hydrogen-bond acceptors (Lipinski definition) is 3. The summed E-state index contributed by atoms with van der Waals surface area (Å²) in [6, 6.07) is 9.83. The first-order valence-corrected chi connectivity index (χ1v) is 9.57. The maximum Gasteiger partial charge on any atom is 0.230 e. The molecule has 0 aromatic heterocycles. The van der Waals surface area contributed by atoms with Crippen molar-refractivity contribution >= 4 is 15.9 Å². The van der Waals surface area contributed by atoms with Crippen LogP contribution in [0.2, 0.25) is 0 Å². The number of amides is 1. The lowest BCUT2D eigenvalue weighted by Crippen LogP contribution is -2.51. The van der Waals surface area contributed by atoms with Crippen molar-refractivity contribution in [3.63, 3.8) is 0 Å². The lowest BCUT2D eigenvalue weighted by atomic mass is 9.93.